The average molecular weight is 265 g/mol. The van der Waals surface area contributed by atoms with Gasteiger partial charge in [0.05, 0.1) is 11.5 Å². The summed E-state index contributed by atoms with van der Waals surface area (Å²) in [6, 6.07) is 5.37. The molecule has 1 aliphatic heterocycles. The third kappa shape index (κ3) is 3.92. The van der Waals surface area contributed by atoms with Crippen molar-refractivity contribution >= 4 is 17.4 Å². The van der Waals surface area contributed by atoms with Crippen LogP contribution in [0, 0.1) is 16.0 Å². The molecule has 7 heteroatoms. The maximum Gasteiger partial charge on any atom is 0.319 e. The fraction of sp³-hybridized carbons (Fsp3) is 0.417. The van der Waals surface area contributed by atoms with E-state index in [2.05, 4.69) is 10.6 Å². The van der Waals surface area contributed by atoms with E-state index in [1.807, 2.05) is 0 Å². The van der Waals surface area contributed by atoms with Crippen molar-refractivity contribution in [2.24, 2.45) is 5.92 Å². The van der Waals surface area contributed by atoms with Crippen LogP contribution in [0.2, 0.25) is 0 Å². The first-order valence-electron chi connectivity index (χ1n) is 6.02. The van der Waals surface area contributed by atoms with Gasteiger partial charge >= 0.3 is 6.03 Å². The van der Waals surface area contributed by atoms with Gasteiger partial charge in [0.2, 0.25) is 0 Å². The lowest BCUT2D eigenvalue weighted by Gasteiger charge is -2.10. The van der Waals surface area contributed by atoms with Crippen molar-refractivity contribution in [2.45, 2.75) is 6.42 Å². The summed E-state index contributed by atoms with van der Waals surface area (Å²) in [5, 5.41) is 15.8. The Morgan fingerprint density at radius 1 is 1.42 bits per heavy atom. The Kier molecular flexibility index (Phi) is 4.30. The van der Waals surface area contributed by atoms with Crippen molar-refractivity contribution in [2.75, 3.05) is 25.1 Å². The first-order valence-corrected chi connectivity index (χ1v) is 6.02. The monoisotopic (exact) mass is 265 g/mol. The predicted molar refractivity (Wildman–Crippen MR) is 69.0 cm³/mol. The number of amides is 2. The Bertz CT molecular complexity index is 455. The van der Waals surface area contributed by atoms with E-state index in [-0.39, 0.29) is 11.7 Å². The van der Waals surface area contributed by atoms with Crippen molar-refractivity contribution in [3.8, 4) is 0 Å². The zero-order valence-corrected chi connectivity index (χ0v) is 10.3. The Morgan fingerprint density at radius 2 is 2.16 bits per heavy atom. The third-order valence-electron chi connectivity index (χ3n) is 2.91. The maximum atomic E-state index is 11.6. The van der Waals surface area contributed by atoms with Gasteiger partial charge in [-0.2, -0.15) is 0 Å². The number of anilines is 1. The molecule has 0 unspecified atom stereocenters. The summed E-state index contributed by atoms with van der Waals surface area (Å²) in [5.41, 5.74) is 0.514. The predicted octanol–water partition coefficient (Wildman–Crippen LogP) is 1.75. The van der Waals surface area contributed by atoms with Gasteiger partial charge in [-0.3, -0.25) is 10.1 Å². The van der Waals surface area contributed by atoms with E-state index in [1.165, 1.54) is 24.3 Å². The topological polar surface area (TPSA) is 93.5 Å². The molecule has 0 aliphatic carbocycles. The summed E-state index contributed by atoms with van der Waals surface area (Å²) in [6.07, 6.45) is 0.956. The summed E-state index contributed by atoms with van der Waals surface area (Å²) < 4.78 is 5.21. The van der Waals surface area contributed by atoms with Gasteiger partial charge < -0.3 is 15.4 Å². The number of nitrogens with zero attached hydrogens (tertiary/aromatic N) is 1. The Morgan fingerprint density at radius 3 is 2.74 bits per heavy atom. The number of benzene rings is 1. The molecule has 2 N–H and O–H groups in total. The number of carbonyl (C=O) groups excluding carboxylic acids is 1. The summed E-state index contributed by atoms with van der Waals surface area (Å²) in [6.45, 7) is 1.99. The molecule has 102 valence electrons. The number of carbonyl (C=O) groups is 1. The fourth-order valence-corrected chi connectivity index (χ4v) is 1.82. The largest absolute Gasteiger partial charge is 0.381 e. The van der Waals surface area contributed by atoms with Gasteiger partial charge in [-0.25, -0.2) is 4.79 Å². The van der Waals surface area contributed by atoms with Crippen LogP contribution in [0.15, 0.2) is 24.3 Å². The van der Waals surface area contributed by atoms with Gasteiger partial charge in [0, 0.05) is 36.9 Å². The third-order valence-corrected chi connectivity index (χ3v) is 2.91. The minimum absolute atomic E-state index is 0.00550. The van der Waals surface area contributed by atoms with Crippen LogP contribution in [0.4, 0.5) is 16.2 Å². The molecule has 1 atom stereocenters. The van der Waals surface area contributed by atoms with E-state index in [1.54, 1.807) is 0 Å². The smallest absolute Gasteiger partial charge is 0.319 e. The molecule has 1 fully saturated rings. The number of hydrogen-bond acceptors (Lipinski definition) is 4. The highest BCUT2D eigenvalue weighted by Gasteiger charge is 2.16. The zero-order valence-electron chi connectivity index (χ0n) is 10.3. The molecule has 1 heterocycles. The summed E-state index contributed by atoms with van der Waals surface area (Å²) in [4.78, 5) is 21.6. The number of ether oxygens (including phenoxy) is 1. The Balaban J connectivity index is 1.79. The molecular formula is C12H15N3O4. The number of nitrogens with one attached hydrogen (secondary N) is 2. The lowest BCUT2D eigenvalue weighted by atomic mass is 10.1. The second-order valence-corrected chi connectivity index (χ2v) is 4.37. The van der Waals surface area contributed by atoms with E-state index in [0.29, 0.717) is 24.8 Å². The molecule has 0 aromatic heterocycles. The highest BCUT2D eigenvalue weighted by molar-refractivity contribution is 5.89. The van der Waals surface area contributed by atoms with Gasteiger partial charge in [0.1, 0.15) is 0 Å². The lowest BCUT2D eigenvalue weighted by molar-refractivity contribution is -0.384. The van der Waals surface area contributed by atoms with Gasteiger partial charge in [0.25, 0.3) is 5.69 Å². The highest BCUT2D eigenvalue weighted by atomic mass is 16.6. The molecule has 0 spiro atoms. The highest BCUT2D eigenvalue weighted by Crippen LogP contribution is 2.15. The van der Waals surface area contributed by atoms with Crippen LogP contribution in [-0.4, -0.2) is 30.7 Å². The molecule has 0 bridgehead atoms. The van der Waals surface area contributed by atoms with Crippen LogP contribution in [-0.2, 0) is 4.74 Å². The molecule has 1 aliphatic rings. The molecule has 7 nitrogen and oxygen atoms in total. The minimum Gasteiger partial charge on any atom is -0.381 e. The molecule has 1 aromatic rings. The van der Waals surface area contributed by atoms with Crippen LogP contribution in [0.1, 0.15) is 6.42 Å². The first-order chi connectivity index (χ1) is 9.15. The second-order valence-electron chi connectivity index (χ2n) is 4.37. The minimum atomic E-state index is -0.482. The van der Waals surface area contributed by atoms with Gasteiger partial charge in [-0.15, -0.1) is 0 Å². The molecule has 0 saturated carbocycles. The van der Waals surface area contributed by atoms with Crippen molar-refractivity contribution in [3.05, 3.63) is 34.4 Å². The molecule has 1 saturated heterocycles. The number of rotatable bonds is 4. The van der Waals surface area contributed by atoms with E-state index < -0.39 is 4.92 Å². The Labute approximate surface area is 110 Å². The van der Waals surface area contributed by atoms with Crippen LogP contribution < -0.4 is 10.6 Å². The van der Waals surface area contributed by atoms with Crippen molar-refractivity contribution in [1.29, 1.82) is 0 Å². The van der Waals surface area contributed by atoms with E-state index in [0.717, 1.165) is 13.0 Å². The molecule has 2 amide bonds. The molecular weight excluding hydrogens is 250 g/mol. The van der Waals surface area contributed by atoms with Crippen molar-refractivity contribution in [3.63, 3.8) is 0 Å². The normalized spacial score (nSPS) is 18.0. The summed E-state index contributed by atoms with van der Waals surface area (Å²) in [7, 11) is 0. The average Bonchev–Trinajstić information content (AvgIpc) is 2.90. The number of hydrogen-bond donors (Lipinski definition) is 2. The van der Waals surface area contributed by atoms with Crippen molar-refractivity contribution in [1.82, 2.24) is 5.32 Å². The zero-order chi connectivity index (χ0) is 13.7. The van der Waals surface area contributed by atoms with Crippen LogP contribution in [0.25, 0.3) is 0 Å². The van der Waals surface area contributed by atoms with Crippen LogP contribution >= 0.6 is 0 Å². The van der Waals surface area contributed by atoms with Crippen LogP contribution in [0.3, 0.4) is 0 Å². The maximum absolute atomic E-state index is 11.6. The lowest BCUT2D eigenvalue weighted by Crippen LogP contribution is -2.33. The van der Waals surface area contributed by atoms with E-state index in [4.69, 9.17) is 4.74 Å². The SMILES string of the molecule is O=C(NC[C@H]1CCOC1)Nc1ccc([N+](=O)[O-])cc1. The molecule has 19 heavy (non-hydrogen) atoms. The van der Waals surface area contributed by atoms with Crippen LogP contribution in [0.5, 0.6) is 0 Å². The van der Waals surface area contributed by atoms with Crippen molar-refractivity contribution < 1.29 is 14.5 Å². The number of nitro groups is 1. The number of nitro benzene ring substituents is 1. The first kappa shape index (κ1) is 13.3. The van der Waals surface area contributed by atoms with Gasteiger partial charge in [-0.05, 0) is 18.6 Å². The quantitative estimate of drug-likeness (QED) is 0.640. The molecule has 0 radical (unpaired) electrons. The number of urea groups is 1. The fourth-order valence-electron chi connectivity index (χ4n) is 1.82. The van der Waals surface area contributed by atoms with Gasteiger partial charge in [0.15, 0.2) is 0 Å². The van der Waals surface area contributed by atoms with Gasteiger partial charge in [-0.1, -0.05) is 0 Å². The van der Waals surface area contributed by atoms with E-state index in [9.17, 15) is 14.9 Å². The van der Waals surface area contributed by atoms with E-state index >= 15 is 0 Å². The molecule has 2 rings (SSSR count). The summed E-state index contributed by atoms with van der Waals surface area (Å²) >= 11 is 0. The Hall–Kier alpha value is -2.15. The number of non-ortho nitro benzene ring substituents is 1. The summed E-state index contributed by atoms with van der Waals surface area (Å²) in [5.74, 6) is 0.364. The standard InChI is InChI=1S/C12H15N3O4/c16-12(13-7-9-5-6-19-8-9)14-10-1-3-11(4-2-10)15(17)18/h1-4,9H,5-8H2,(H2,13,14,16)/t9-/m1/s1. The second kappa shape index (κ2) is 6.14. The molecule has 1 aromatic carbocycles.